The molecule has 1 saturated heterocycles. The van der Waals surface area contributed by atoms with Gasteiger partial charge in [-0.1, -0.05) is 12.1 Å². The van der Waals surface area contributed by atoms with Crippen molar-refractivity contribution in [2.75, 3.05) is 7.11 Å². The van der Waals surface area contributed by atoms with Crippen LogP contribution in [0.5, 0.6) is 5.75 Å². The normalized spacial score (nSPS) is 26.9. The standard InChI is InChI=1S/C25H21F6NO3/c1-24(25(29,30)31)19(11-6-7-11)18(13-8-9-14(26)20(28)22(13)34-2)23(35-24)16-10-17(33)12-4-3-5-15(27)21(12)32-16/h3-5,8-11,18-19,23H,6-7H2,1-2H3,(H,32,33)/t18-,19+,23+,24-/m0/s1. The predicted octanol–water partition coefficient (Wildman–Crippen LogP) is 6.16. The molecule has 0 bridgehead atoms. The van der Waals surface area contributed by atoms with Crippen molar-refractivity contribution in [3.05, 3.63) is 75.3 Å². The Bertz CT molecular complexity index is 1370. The van der Waals surface area contributed by atoms with Crippen molar-refractivity contribution in [1.82, 2.24) is 4.98 Å². The van der Waals surface area contributed by atoms with Crippen LogP contribution in [0.1, 0.15) is 43.0 Å². The molecule has 10 heteroatoms. The summed E-state index contributed by atoms with van der Waals surface area (Å²) in [5, 5.41) is 0.0195. The second-order valence-electron chi connectivity index (χ2n) is 9.27. The largest absolute Gasteiger partial charge is 0.493 e. The van der Waals surface area contributed by atoms with Crippen molar-refractivity contribution < 1.29 is 35.8 Å². The van der Waals surface area contributed by atoms with Gasteiger partial charge in [0.05, 0.1) is 12.6 Å². The summed E-state index contributed by atoms with van der Waals surface area (Å²) < 4.78 is 97.3. The Morgan fingerprint density at radius 3 is 2.43 bits per heavy atom. The topological polar surface area (TPSA) is 51.3 Å². The molecule has 2 aromatic carbocycles. The highest BCUT2D eigenvalue weighted by Gasteiger charge is 2.69. The summed E-state index contributed by atoms with van der Waals surface area (Å²) in [6.07, 6.45) is -5.26. The van der Waals surface area contributed by atoms with E-state index in [0.717, 1.165) is 32.2 Å². The van der Waals surface area contributed by atoms with E-state index in [2.05, 4.69) is 4.98 Å². The molecule has 4 nitrogen and oxygen atoms in total. The minimum atomic E-state index is -4.82. The number of para-hydroxylation sites is 1. The van der Waals surface area contributed by atoms with Crippen LogP contribution in [0.2, 0.25) is 0 Å². The number of ether oxygens (including phenoxy) is 2. The average Bonchev–Trinajstić information content (AvgIpc) is 3.57. The smallest absolute Gasteiger partial charge is 0.417 e. The first-order valence-corrected chi connectivity index (χ1v) is 11.1. The number of nitrogens with one attached hydrogen (secondary N) is 1. The van der Waals surface area contributed by atoms with Crippen LogP contribution in [0.3, 0.4) is 0 Å². The lowest BCUT2D eigenvalue weighted by molar-refractivity contribution is -0.278. The van der Waals surface area contributed by atoms with E-state index in [1.165, 1.54) is 18.2 Å². The van der Waals surface area contributed by atoms with Gasteiger partial charge in [0.25, 0.3) is 0 Å². The van der Waals surface area contributed by atoms with Gasteiger partial charge >= 0.3 is 6.18 Å². The number of benzene rings is 2. The summed E-state index contributed by atoms with van der Waals surface area (Å²) in [5.74, 6) is -6.61. The molecule has 2 heterocycles. The fourth-order valence-corrected chi connectivity index (χ4v) is 5.44. The SMILES string of the molecule is COc1c([C@@H]2[C@@H](c3cc(=O)c4cccc(F)c4[nH]3)O[C@](C)(C(F)(F)F)[C@@H]2C2CC2)ccc(F)c1F. The quantitative estimate of drug-likeness (QED) is 0.440. The van der Waals surface area contributed by atoms with E-state index in [1.54, 1.807) is 0 Å². The van der Waals surface area contributed by atoms with Crippen molar-refractivity contribution >= 4 is 10.9 Å². The third kappa shape index (κ3) is 3.61. The molecule has 1 N–H and O–H groups in total. The lowest BCUT2D eigenvalue weighted by Gasteiger charge is -2.34. The fraction of sp³-hybridized carbons (Fsp3) is 0.400. The molecule has 0 spiro atoms. The number of rotatable bonds is 4. The number of hydrogen-bond donors (Lipinski definition) is 1. The Balaban J connectivity index is 1.78. The molecule has 1 aliphatic carbocycles. The predicted molar refractivity (Wildman–Crippen MR) is 115 cm³/mol. The summed E-state index contributed by atoms with van der Waals surface area (Å²) >= 11 is 0. The minimum Gasteiger partial charge on any atom is -0.493 e. The Labute approximate surface area is 195 Å². The summed E-state index contributed by atoms with van der Waals surface area (Å²) in [5.41, 5.74) is -3.58. The van der Waals surface area contributed by atoms with Crippen molar-refractivity contribution in [2.45, 2.75) is 43.6 Å². The highest BCUT2D eigenvalue weighted by Crippen LogP contribution is 2.65. The van der Waals surface area contributed by atoms with Crippen LogP contribution >= 0.6 is 0 Å². The van der Waals surface area contributed by atoms with E-state index in [1.807, 2.05) is 0 Å². The van der Waals surface area contributed by atoms with E-state index in [0.29, 0.717) is 12.8 Å². The highest BCUT2D eigenvalue weighted by atomic mass is 19.4. The molecule has 1 saturated carbocycles. The molecule has 2 aliphatic rings. The van der Waals surface area contributed by atoms with Crippen LogP contribution in [0, 0.1) is 29.3 Å². The van der Waals surface area contributed by atoms with Gasteiger partial charge in [-0.2, -0.15) is 17.6 Å². The fourth-order valence-electron chi connectivity index (χ4n) is 5.44. The third-order valence-corrected chi connectivity index (χ3v) is 7.20. The van der Waals surface area contributed by atoms with Gasteiger partial charge in [-0.05, 0) is 43.9 Å². The number of pyridine rings is 1. The minimum absolute atomic E-state index is 0.0178. The molecule has 0 amide bonds. The van der Waals surface area contributed by atoms with E-state index >= 15 is 0 Å². The molecular weight excluding hydrogens is 476 g/mol. The Kier molecular flexibility index (Phi) is 5.43. The number of halogens is 6. The number of alkyl halides is 3. The van der Waals surface area contributed by atoms with E-state index in [-0.39, 0.29) is 22.2 Å². The maximum absolute atomic E-state index is 14.7. The Morgan fingerprint density at radius 2 is 1.80 bits per heavy atom. The van der Waals surface area contributed by atoms with Crippen LogP contribution in [0.15, 0.2) is 41.2 Å². The zero-order valence-corrected chi connectivity index (χ0v) is 18.7. The van der Waals surface area contributed by atoms with Crippen LogP contribution in [-0.2, 0) is 4.74 Å². The van der Waals surface area contributed by atoms with Crippen molar-refractivity contribution in [2.24, 2.45) is 11.8 Å². The Hall–Kier alpha value is -3.01. The first-order chi connectivity index (χ1) is 16.5. The van der Waals surface area contributed by atoms with Gasteiger partial charge in [0.2, 0.25) is 5.82 Å². The van der Waals surface area contributed by atoms with E-state index in [9.17, 15) is 31.1 Å². The molecule has 0 radical (unpaired) electrons. The summed E-state index contributed by atoms with van der Waals surface area (Å²) in [4.78, 5) is 15.5. The molecule has 186 valence electrons. The number of aromatic nitrogens is 1. The number of hydrogen-bond acceptors (Lipinski definition) is 3. The van der Waals surface area contributed by atoms with Gasteiger partial charge in [0, 0.05) is 34.5 Å². The molecular formula is C25H21F6NO3. The number of aromatic amines is 1. The van der Waals surface area contributed by atoms with E-state index in [4.69, 9.17) is 9.47 Å². The number of methoxy groups -OCH3 is 1. The lowest BCUT2D eigenvalue weighted by Crippen LogP contribution is -2.48. The molecule has 1 aromatic heterocycles. The molecule has 5 rings (SSSR count). The van der Waals surface area contributed by atoms with Crippen molar-refractivity contribution in [1.29, 1.82) is 0 Å². The van der Waals surface area contributed by atoms with Gasteiger partial charge in [0.1, 0.15) is 11.9 Å². The number of H-pyrrole nitrogens is 1. The van der Waals surface area contributed by atoms with Crippen LogP contribution in [0.25, 0.3) is 10.9 Å². The van der Waals surface area contributed by atoms with Crippen molar-refractivity contribution in [3.8, 4) is 5.75 Å². The molecule has 35 heavy (non-hydrogen) atoms. The first kappa shape index (κ1) is 23.7. The molecule has 1 aliphatic heterocycles. The summed E-state index contributed by atoms with van der Waals surface area (Å²) in [6, 6.07) is 6.91. The van der Waals surface area contributed by atoms with Gasteiger partial charge in [-0.3, -0.25) is 4.79 Å². The average molecular weight is 497 g/mol. The molecule has 4 atom stereocenters. The van der Waals surface area contributed by atoms with Gasteiger partial charge in [-0.25, -0.2) is 8.78 Å². The Morgan fingerprint density at radius 1 is 1.09 bits per heavy atom. The second-order valence-corrected chi connectivity index (χ2v) is 9.27. The monoisotopic (exact) mass is 497 g/mol. The van der Waals surface area contributed by atoms with Gasteiger partial charge in [-0.15, -0.1) is 0 Å². The highest BCUT2D eigenvalue weighted by molar-refractivity contribution is 5.79. The second kappa shape index (κ2) is 8.01. The molecule has 0 unspecified atom stereocenters. The zero-order valence-electron chi connectivity index (χ0n) is 18.7. The van der Waals surface area contributed by atoms with Gasteiger partial charge < -0.3 is 14.5 Å². The molecule has 2 fully saturated rings. The zero-order chi connectivity index (χ0) is 25.3. The van der Waals surface area contributed by atoms with E-state index < -0.39 is 64.3 Å². The van der Waals surface area contributed by atoms with Crippen LogP contribution < -0.4 is 10.2 Å². The molecule has 3 aromatic rings. The van der Waals surface area contributed by atoms with Crippen LogP contribution in [-0.4, -0.2) is 23.9 Å². The summed E-state index contributed by atoms with van der Waals surface area (Å²) in [7, 11) is 1.09. The van der Waals surface area contributed by atoms with Crippen molar-refractivity contribution in [3.63, 3.8) is 0 Å². The lowest BCUT2D eigenvalue weighted by atomic mass is 9.72. The summed E-state index contributed by atoms with van der Waals surface area (Å²) in [6.45, 7) is 0.926. The van der Waals surface area contributed by atoms with Gasteiger partial charge in [0.15, 0.2) is 22.6 Å². The first-order valence-electron chi connectivity index (χ1n) is 11.1. The maximum atomic E-state index is 14.7. The maximum Gasteiger partial charge on any atom is 0.417 e. The third-order valence-electron chi connectivity index (χ3n) is 7.20. The van der Waals surface area contributed by atoms with Crippen LogP contribution in [0.4, 0.5) is 26.3 Å². The number of fused-ring (bicyclic) bond motifs is 1.